The maximum atomic E-state index is 12.9. The number of thiocarbonyl (C=S) groups is 1. The lowest BCUT2D eigenvalue weighted by atomic mass is 10.1. The molecule has 1 aliphatic heterocycles. The number of hydrogen-bond acceptors (Lipinski definition) is 6. The Labute approximate surface area is 201 Å². The summed E-state index contributed by atoms with van der Waals surface area (Å²) in [5.41, 5.74) is 1.87. The number of pyridine rings is 1. The summed E-state index contributed by atoms with van der Waals surface area (Å²) in [6, 6.07) is 16.7. The highest BCUT2D eigenvalue weighted by atomic mass is 32.1. The normalized spacial score (nSPS) is 12.4. The minimum absolute atomic E-state index is 0.194. The van der Waals surface area contributed by atoms with Crippen LogP contribution >= 0.6 is 12.2 Å². The van der Waals surface area contributed by atoms with E-state index in [1.807, 2.05) is 53.4 Å². The molecule has 8 nitrogen and oxygen atoms in total. The summed E-state index contributed by atoms with van der Waals surface area (Å²) in [5, 5.41) is 4.55. The maximum Gasteiger partial charge on any atom is 0.253 e. The van der Waals surface area contributed by atoms with Gasteiger partial charge in [-0.3, -0.25) is 4.79 Å². The van der Waals surface area contributed by atoms with Crippen LogP contribution in [0.25, 0.3) is 10.9 Å². The van der Waals surface area contributed by atoms with Crippen molar-refractivity contribution in [2.45, 2.75) is 13.1 Å². The van der Waals surface area contributed by atoms with Crippen molar-refractivity contribution in [3.05, 3.63) is 82.5 Å². The first-order valence-electron chi connectivity index (χ1n) is 10.8. The minimum Gasteiger partial charge on any atom is -0.497 e. The molecule has 0 amide bonds. The van der Waals surface area contributed by atoms with Crippen LogP contribution in [-0.2, 0) is 13.1 Å². The largest absolute Gasteiger partial charge is 0.497 e. The Morgan fingerprint density at radius 1 is 1.09 bits per heavy atom. The van der Waals surface area contributed by atoms with Crippen LogP contribution in [0, 0.1) is 0 Å². The quantitative estimate of drug-likeness (QED) is 0.398. The summed E-state index contributed by atoms with van der Waals surface area (Å²) >= 11 is 5.70. The number of furan rings is 1. The Bertz CT molecular complexity index is 1370. The van der Waals surface area contributed by atoms with Crippen LogP contribution in [0.1, 0.15) is 11.3 Å². The zero-order valence-electron chi connectivity index (χ0n) is 18.5. The standard InChI is InChI=1S/C25H23N3O5S/c1-30-19-6-4-18(5-7-19)26-25(34)28(15-20-3-2-8-31-20)14-17-11-16-12-22-23(33-10-9-32-22)13-21(16)27-24(17)29/h2-8,11-13H,9-10,14-15H2,1H3,(H,26,34)(H,27,29). The number of H-pyrrole nitrogens is 1. The first kappa shape index (κ1) is 21.8. The molecule has 0 saturated heterocycles. The third kappa shape index (κ3) is 4.69. The van der Waals surface area contributed by atoms with Crippen LogP contribution in [0.5, 0.6) is 17.2 Å². The maximum absolute atomic E-state index is 12.9. The molecule has 1 aliphatic rings. The monoisotopic (exact) mass is 477 g/mol. The molecule has 34 heavy (non-hydrogen) atoms. The van der Waals surface area contributed by atoms with Gasteiger partial charge in [-0.1, -0.05) is 0 Å². The second-order valence-corrected chi connectivity index (χ2v) is 8.19. The average Bonchev–Trinajstić information content (AvgIpc) is 3.36. The molecule has 3 heterocycles. The number of ether oxygens (including phenoxy) is 3. The SMILES string of the molecule is COc1ccc(NC(=S)N(Cc2ccco2)Cc2cc3cc4c(cc3[nH]c2=O)OCCO4)cc1. The van der Waals surface area contributed by atoms with Crippen LogP contribution in [-0.4, -0.2) is 35.3 Å². The van der Waals surface area contributed by atoms with Gasteiger partial charge in [-0.2, -0.15) is 0 Å². The molecule has 2 aromatic heterocycles. The predicted octanol–water partition coefficient (Wildman–Crippen LogP) is 4.30. The number of nitrogens with zero attached hydrogens (tertiary/aromatic N) is 1. The van der Waals surface area contributed by atoms with Crippen molar-refractivity contribution >= 4 is 33.9 Å². The van der Waals surface area contributed by atoms with Gasteiger partial charge < -0.3 is 33.8 Å². The zero-order valence-corrected chi connectivity index (χ0v) is 19.3. The summed E-state index contributed by atoms with van der Waals surface area (Å²) < 4.78 is 22.1. The lowest BCUT2D eigenvalue weighted by Crippen LogP contribution is -2.35. The Morgan fingerprint density at radius 2 is 1.85 bits per heavy atom. The van der Waals surface area contributed by atoms with E-state index in [0.29, 0.717) is 47.5 Å². The van der Waals surface area contributed by atoms with Crippen LogP contribution in [0.2, 0.25) is 0 Å². The molecule has 0 spiro atoms. The minimum atomic E-state index is -0.194. The summed E-state index contributed by atoms with van der Waals surface area (Å²) in [4.78, 5) is 17.8. The summed E-state index contributed by atoms with van der Waals surface area (Å²) in [6.45, 7) is 1.66. The van der Waals surface area contributed by atoms with Gasteiger partial charge in [0, 0.05) is 22.7 Å². The molecule has 4 aromatic rings. The van der Waals surface area contributed by atoms with E-state index in [2.05, 4.69) is 10.3 Å². The van der Waals surface area contributed by atoms with Crippen molar-refractivity contribution in [3.63, 3.8) is 0 Å². The fourth-order valence-electron chi connectivity index (χ4n) is 3.78. The number of rotatable bonds is 6. The predicted molar refractivity (Wildman–Crippen MR) is 133 cm³/mol. The second kappa shape index (κ2) is 9.48. The summed E-state index contributed by atoms with van der Waals surface area (Å²) in [5.74, 6) is 2.78. The number of aromatic amines is 1. The van der Waals surface area contributed by atoms with Gasteiger partial charge in [-0.05, 0) is 60.7 Å². The van der Waals surface area contributed by atoms with Gasteiger partial charge in [0.05, 0.1) is 32.0 Å². The van der Waals surface area contributed by atoms with Crippen LogP contribution in [0.15, 0.2) is 70.1 Å². The molecule has 0 unspecified atom stereocenters. The highest BCUT2D eigenvalue weighted by Crippen LogP contribution is 2.33. The molecule has 2 N–H and O–H groups in total. The summed E-state index contributed by atoms with van der Waals surface area (Å²) in [6.07, 6.45) is 1.61. The van der Waals surface area contributed by atoms with Crippen molar-refractivity contribution in [2.75, 3.05) is 25.6 Å². The molecule has 0 aliphatic carbocycles. The number of benzene rings is 2. The third-order valence-electron chi connectivity index (χ3n) is 5.50. The van der Waals surface area contributed by atoms with E-state index >= 15 is 0 Å². The van der Waals surface area contributed by atoms with Crippen molar-refractivity contribution < 1.29 is 18.6 Å². The number of aromatic nitrogens is 1. The molecule has 0 fully saturated rings. The van der Waals surface area contributed by atoms with Gasteiger partial charge >= 0.3 is 0 Å². The fourth-order valence-corrected chi connectivity index (χ4v) is 4.03. The summed E-state index contributed by atoms with van der Waals surface area (Å²) in [7, 11) is 1.62. The molecular weight excluding hydrogens is 454 g/mol. The van der Waals surface area contributed by atoms with E-state index in [4.69, 9.17) is 30.8 Å². The highest BCUT2D eigenvalue weighted by Gasteiger charge is 2.18. The van der Waals surface area contributed by atoms with Gasteiger partial charge in [0.2, 0.25) is 0 Å². The molecule has 174 valence electrons. The van der Waals surface area contributed by atoms with Gasteiger partial charge in [0.25, 0.3) is 5.56 Å². The number of fused-ring (bicyclic) bond motifs is 2. The number of methoxy groups -OCH3 is 1. The van der Waals surface area contributed by atoms with E-state index in [0.717, 1.165) is 22.6 Å². The van der Waals surface area contributed by atoms with E-state index < -0.39 is 0 Å². The number of nitrogens with one attached hydrogen (secondary N) is 2. The average molecular weight is 478 g/mol. The Hall–Kier alpha value is -3.98. The van der Waals surface area contributed by atoms with Crippen molar-refractivity contribution in [3.8, 4) is 17.2 Å². The fraction of sp³-hybridized carbons (Fsp3) is 0.200. The van der Waals surface area contributed by atoms with Gasteiger partial charge in [-0.15, -0.1) is 0 Å². The van der Waals surface area contributed by atoms with Crippen molar-refractivity contribution in [1.82, 2.24) is 9.88 Å². The molecule has 2 aromatic carbocycles. The van der Waals surface area contributed by atoms with E-state index in [1.165, 1.54) is 0 Å². The second-order valence-electron chi connectivity index (χ2n) is 7.80. The van der Waals surface area contributed by atoms with E-state index in [1.54, 1.807) is 19.4 Å². The molecular formula is C25H23N3O5S. The number of hydrogen-bond donors (Lipinski definition) is 2. The molecule has 5 rings (SSSR count). The smallest absolute Gasteiger partial charge is 0.253 e. The Balaban J connectivity index is 1.43. The molecule has 9 heteroatoms. The van der Waals surface area contributed by atoms with Crippen molar-refractivity contribution in [2.24, 2.45) is 0 Å². The topological polar surface area (TPSA) is 89.0 Å². The molecule has 0 atom stereocenters. The lowest BCUT2D eigenvalue weighted by molar-refractivity contribution is 0.172. The first-order valence-corrected chi connectivity index (χ1v) is 11.2. The highest BCUT2D eigenvalue weighted by molar-refractivity contribution is 7.80. The molecule has 0 radical (unpaired) electrons. The molecule has 0 bridgehead atoms. The third-order valence-corrected chi connectivity index (χ3v) is 5.86. The van der Waals surface area contributed by atoms with E-state index in [9.17, 15) is 4.79 Å². The van der Waals surface area contributed by atoms with Gasteiger partial charge in [-0.25, -0.2) is 0 Å². The van der Waals surface area contributed by atoms with Gasteiger partial charge in [0.1, 0.15) is 24.7 Å². The Kier molecular flexibility index (Phi) is 6.09. The van der Waals surface area contributed by atoms with Crippen LogP contribution in [0.4, 0.5) is 5.69 Å². The zero-order chi connectivity index (χ0) is 23.5. The van der Waals surface area contributed by atoms with Crippen LogP contribution < -0.4 is 25.1 Å². The number of anilines is 1. The van der Waals surface area contributed by atoms with Gasteiger partial charge in [0.15, 0.2) is 16.6 Å². The Morgan fingerprint density at radius 3 is 2.56 bits per heavy atom. The van der Waals surface area contributed by atoms with Crippen molar-refractivity contribution in [1.29, 1.82) is 0 Å². The lowest BCUT2D eigenvalue weighted by Gasteiger charge is -2.25. The first-order chi connectivity index (χ1) is 16.6. The van der Waals surface area contributed by atoms with E-state index in [-0.39, 0.29) is 12.1 Å². The molecule has 0 saturated carbocycles. The van der Waals surface area contributed by atoms with Crippen LogP contribution in [0.3, 0.4) is 0 Å².